The third-order valence-electron chi connectivity index (χ3n) is 3.45. The molecule has 6 N–H and O–H groups in total. The second kappa shape index (κ2) is 14.3. The van der Waals surface area contributed by atoms with Crippen molar-refractivity contribution in [3.8, 4) is 0 Å². The van der Waals surface area contributed by atoms with Gasteiger partial charge in [-0.25, -0.2) is 4.79 Å². The van der Waals surface area contributed by atoms with Gasteiger partial charge in [-0.1, -0.05) is 27.7 Å². The van der Waals surface area contributed by atoms with Gasteiger partial charge in [0.2, 0.25) is 17.7 Å². The summed E-state index contributed by atoms with van der Waals surface area (Å²) in [5.74, 6) is -4.11. The van der Waals surface area contributed by atoms with Gasteiger partial charge in [0.25, 0.3) is 5.97 Å². The van der Waals surface area contributed by atoms with Crippen LogP contribution in [0.4, 0.5) is 0 Å². The predicted octanol–water partition coefficient (Wildman–Crippen LogP) is -0.669. The Morgan fingerprint density at radius 3 is 1.55 bits per heavy atom. The predicted molar refractivity (Wildman–Crippen MR) is 104 cm³/mol. The van der Waals surface area contributed by atoms with Crippen molar-refractivity contribution in [2.75, 3.05) is 6.61 Å². The minimum absolute atomic E-state index is 0.0479. The normalized spacial score (nSPS) is 13.4. The standard InChI is InChI=1S/C16H29N3O6.C2H4O2/c1-8(2)6-11(14(22)19-13(9(3)4)16(24)25)18-15(23)12(7-20)17-10(5)21;1-2(3)4/h8-9,11-13,20H,6-7H2,1-5H3,(H,17,21)(H,18,23)(H,19,22)(H,24,25);1H3,(H,3,4). The van der Waals surface area contributed by atoms with Gasteiger partial charge < -0.3 is 31.3 Å². The molecule has 0 aliphatic carbocycles. The van der Waals surface area contributed by atoms with Crippen molar-refractivity contribution in [2.24, 2.45) is 11.8 Å². The highest BCUT2D eigenvalue weighted by molar-refractivity contribution is 5.93. The molecule has 0 radical (unpaired) electrons. The molecule has 0 aromatic rings. The molecule has 3 atom stereocenters. The van der Waals surface area contributed by atoms with E-state index in [4.69, 9.17) is 9.90 Å². The van der Waals surface area contributed by atoms with Crippen molar-refractivity contribution in [1.29, 1.82) is 0 Å². The topological polar surface area (TPSA) is 182 Å². The average Bonchev–Trinajstić information content (AvgIpc) is 2.54. The summed E-state index contributed by atoms with van der Waals surface area (Å²) in [4.78, 5) is 55.9. The van der Waals surface area contributed by atoms with E-state index in [0.717, 1.165) is 6.92 Å². The second-order valence-electron chi connectivity index (χ2n) is 7.21. The van der Waals surface area contributed by atoms with Crippen molar-refractivity contribution in [1.82, 2.24) is 16.0 Å². The van der Waals surface area contributed by atoms with E-state index >= 15 is 0 Å². The van der Waals surface area contributed by atoms with Gasteiger partial charge in [0.1, 0.15) is 18.1 Å². The van der Waals surface area contributed by atoms with Crippen LogP contribution in [-0.2, 0) is 24.0 Å². The van der Waals surface area contributed by atoms with Gasteiger partial charge in [0, 0.05) is 13.8 Å². The average molecular weight is 419 g/mol. The van der Waals surface area contributed by atoms with Crippen LogP contribution in [0.25, 0.3) is 0 Å². The Bertz CT molecular complexity index is 573. The molecule has 11 heteroatoms. The Morgan fingerprint density at radius 2 is 1.24 bits per heavy atom. The number of hydrogen-bond donors (Lipinski definition) is 6. The van der Waals surface area contributed by atoms with E-state index < -0.39 is 54.4 Å². The van der Waals surface area contributed by atoms with Crippen LogP contribution in [0.1, 0.15) is 48.0 Å². The molecule has 3 unspecified atom stereocenters. The van der Waals surface area contributed by atoms with Crippen LogP contribution in [0.3, 0.4) is 0 Å². The quantitative estimate of drug-likeness (QED) is 0.269. The molecule has 0 bridgehead atoms. The van der Waals surface area contributed by atoms with Gasteiger partial charge in [-0.15, -0.1) is 0 Å². The lowest BCUT2D eigenvalue weighted by Gasteiger charge is -2.25. The Kier molecular flexibility index (Phi) is 14.1. The number of aliphatic hydroxyl groups excluding tert-OH is 1. The largest absolute Gasteiger partial charge is 0.481 e. The third-order valence-corrected chi connectivity index (χ3v) is 3.45. The zero-order valence-corrected chi connectivity index (χ0v) is 17.7. The summed E-state index contributed by atoms with van der Waals surface area (Å²) in [7, 11) is 0. The van der Waals surface area contributed by atoms with Crippen LogP contribution in [0, 0.1) is 11.8 Å². The van der Waals surface area contributed by atoms with E-state index in [1.165, 1.54) is 6.92 Å². The van der Waals surface area contributed by atoms with Gasteiger partial charge in [-0.05, 0) is 18.3 Å². The summed E-state index contributed by atoms with van der Waals surface area (Å²) in [6, 6.07) is -3.24. The number of carboxylic acid groups (broad SMARTS) is 2. The van der Waals surface area contributed by atoms with Gasteiger partial charge in [0.15, 0.2) is 0 Å². The highest BCUT2D eigenvalue weighted by Crippen LogP contribution is 2.08. The lowest BCUT2D eigenvalue weighted by Crippen LogP contribution is -2.57. The number of aliphatic carboxylic acids is 2. The summed E-state index contributed by atoms with van der Waals surface area (Å²) < 4.78 is 0. The van der Waals surface area contributed by atoms with Crippen molar-refractivity contribution in [2.45, 2.75) is 66.1 Å². The molecule has 0 spiro atoms. The molecule has 0 heterocycles. The smallest absolute Gasteiger partial charge is 0.326 e. The molecule has 0 aliphatic heterocycles. The number of amides is 3. The first-order valence-corrected chi connectivity index (χ1v) is 9.13. The molecule has 0 saturated carbocycles. The van der Waals surface area contributed by atoms with Gasteiger partial charge in [0.05, 0.1) is 6.61 Å². The van der Waals surface area contributed by atoms with E-state index in [9.17, 15) is 29.4 Å². The minimum atomic E-state index is -1.18. The lowest BCUT2D eigenvalue weighted by molar-refractivity contribution is -0.143. The summed E-state index contributed by atoms with van der Waals surface area (Å²) >= 11 is 0. The van der Waals surface area contributed by atoms with E-state index in [0.29, 0.717) is 0 Å². The molecule has 0 aromatic heterocycles. The summed E-state index contributed by atoms with van der Waals surface area (Å²) in [5, 5.41) is 33.0. The number of hydrogen-bond acceptors (Lipinski definition) is 6. The first-order valence-electron chi connectivity index (χ1n) is 9.13. The fourth-order valence-electron chi connectivity index (χ4n) is 2.18. The summed E-state index contributed by atoms with van der Waals surface area (Å²) in [5.41, 5.74) is 0. The molecule has 11 nitrogen and oxygen atoms in total. The first-order chi connectivity index (χ1) is 13.2. The third kappa shape index (κ3) is 14.0. The highest BCUT2D eigenvalue weighted by Gasteiger charge is 2.30. The lowest BCUT2D eigenvalue weighted by atomic mass is 10.00. The van der Waals surface area contributed by atoms with Crippen LogP contribution in [0.5, 0.6) is 0 Å². The van der Waals surface area contributed by atoms with Crippen LogP contribution < -0.4 is 16.0 Å². The maximum Gasteiger partial charge on any atom is 0.326 e. The Labute approximate surface area is 170 Å². The van der Waals surface area contributed by atoms with E-state index in [1.807, 2.05) is 13.8 Å². The fraction of sp³-hybridized carbons (Fsp3) is 0.722. The molecule has 0 rings (SSSR count). The molecule has 29 heavy (non-hydrogen) atoms. The zero-order valence-electron chi connectivity index (χ0n) is 17.7. The second-order valence-corrected chi connectivity index (χ2v) is 7.21. The minimum Gasteiger partial charge on any atom is -0.481 e. The zero-order chi connectivity index (χ0) is 23.3. The van der Waals surface area contributed by atoms with Crippen LogP contribution in [-0.4, -0.2) is 69.7 Å². The Balaban J connectivity index is 0. The van der Waals surface area contributed by atoms with E-state index in [1.54, 1.807) is 13.8 Å². The van der Waals surface area contributed by atoms with Crippen molar-refractivity contribution < 1.29 is 39.3 Å². The van der Waals surface area contributed by atoms with Gasteiger partial charge >= 0.3 is 5.97 Å². The number of aliphatic hydroxyl groups is 1. The maximum atomic E-state index is 12.4. The number of carbonyl (C=O) groups excluding carboxylic acids is 3. The van der Waals surface area contributed by atoms with E-state index in [-0.39, 0.29) is 18.3 Å². The molecule has 0 fully saturated rings. The van der Waals surface area contributed by atoms with Crippen molar-refractivity contribution >= 4 is 29.7 Å². The Hall–Kier alpha value is -2.69. The molecular weight excluding hydrogens is 386 g/mol. The first kappa shape index (κ1) is 28.5. The fourth-order valence-corrected chi connectivity index (χ4v) is 2.18. The molecule has 0 aliphatic rings. The monoisotopic (exact) mass is 419 g/mol. The number of nitrogens with one attached hydrogen (secondary N) is 3. The molecule has 0 saturated heterocycles. The number of carbonyl (C=O) groups is 5. The number of carboxylic acids is 2. The number of rotatable bonds is 10. The molecule has 0 aromatic carbocycles. The maximum absolute atomic E-state index is 12.4. The summed E-state index contributed by atoms with van der Waals surface area (Å²) in [6.45, 7) is 8.68. The molecule has 3 amide bonds. The SMILES string of the molecule is CC(=O)NC(CO)C(=O)NC(CC(C)C)C(=O)NC(C(=O)O)C(C)C.CC(=O)O. The Morgan fingerprint density at radius 1 is 0.793 bits per heavy atom. The van der Waals surface area contributed by atoms with Crippen molar-refractivity contribution in [3.63, 3.8) is 0 Å². The highest BCUT2D eigenvalue weighted by atomic mass is 16.4. The summed E-state index contributed by atoms with van der Waals surface area (Å²) in [6.07, 6.45) is 0.278. The van der Waals surface area contributed by atoms with Gasteiger partial charge in [-0.3, -0.25) is 19.2 Å². The molecule has 168 valence electrons. The van der Waals surface area contributed by atoms with E-state index in [2.05, 4.69) is 16.0 Å². The van der Waals surface area contributed by atoms with Crippen LogP contribution in [0.2, 0.25) is 0 Å². The van der Waals surface area contributed by atoms with Gasteiger partial charge in [-0.2, -0.15) is 0 Å². The van der Waals surface area contributed by atoms with Crippen LogP contribution >= 0.6 is 0 Å². The van der Waals surface area contributed by atoms with Crippen molar-refractivity contribution in [3.05, 3.63) is 0 Å². The van der Waals surface area contributed by atoms with Crippen LogP contribution in [0.15, 0.2) is 0 Å². The molecular formula is C18H33N3O8.